The summed E-state index contributed by atoms with van der Waals surface area (Å²) in [6, 6.07) is 9.66. The smallest absolute Gasteiger partial charge is 0.251 e. The Balaban J connectivity index is 1.20. The highest BCUT2D eigenvalue weighted by molar-refractivity contribution is 6.30. The number of likely N-dealkylation sites (N-methyl/N-ethyl adjacent to an activating group) is 1. The van der Waals surface area contributed by atoms with Crippen LogP contribution in [-0.2, 0) is 16.6 Å². The minimum Gasteiger partial charge on any atom is -0.490 e. The number of carbonyl (C=O) groups is 1. The van der Waals surface area contributed by atoms with Crippen LogP contribution in [0.25, 0.3) is 0 Å². The van der Waals surface area contributed by atoms with Crippen LogP contribution < -0.4 is 15.0 Å². The summed E-state index contributed by atoms with van der Waals surface area (Å²) in [5.74, 6) is 2.50. The molecule has 9 heteroatoms. The summed E-state index contributed by atoms with van der Waals surface area (Å²) in [5, 5.41) is 3.45. The van der Waals surface area contributed by atoms with E-state index < -0.39 is 5.41 Å². The van der Waals surface area contributed by atoms with Crippen molar-refractivity contribution in [2.24, 2.45) is 29.6 Å². The Bertz CT molecular complexity index is 1660. The zero-order valence-electron chi connectivity index (χ0n) is 30.3. The predicted octanol–water partition coefficient (Wildman–Crippen LogP) is 6.57. The average molecular weight is 705 g/mol. The summed E-state index contributed by atoms with van der Waals surface area (Å²) in [4.78, 5) is 21.2. The molecule has 4 heterocycles. The highest BCUT2D eigenvalue weighted by Crippen LogP contribution is 2.54. The van der Waals surface area contributed by atoms with E-state index in [-0.39, 0.29) is 22.3 Å². The van der Waals surface area contributed by atoms with Crippen molar-refractivity contribution in [3.05, 3.63) is 69.5 Å². The number of halogens is 2. The SMILES string of the molecule is CO[C@@]1(CN2CCN(C)CC2)C2=C[C@@H](C2)[C@H](C)[C@@H](C)CNC(=O)c2ccc3c(c2)N(C[C@@H]2CC[C@H]21)C[C@@]1(CCCc2c1ccc(Cl)c2F)CO3. The van der Waals surface area contributed by atoms with Crippen molar-refractivity contribution in [2.45, 2.75) is 63.4 Å². The van der Waals surface area contributed by atoms with Gasteiger partial charge in [-0.15, -0.1) is 0 Å². The molecule has 1 saturated heterocycles. The summed E-state index contributed by atoms with van der Waals surface area (Å²) in [6.07, 6.45) is 8.32. The van der Waals surface area contributed by atoms with Crippen LogP contribution in [-0.4, -0.2) is 94.4 Å². The highest BCUT2D eigenvalue weighted by Gasteiger charge is 2.54. The Morgan fingerprint density at radius 1 is 1.12 bits per heavy atom. The molecule has 2 aromatic rings. The number of amides is 1. The third-order valence-electron chi connectivity index (χ3n) is 13.9. The normalized spacial score (nSPS) is 34.7. The van der Waals surface area contributed by atoms with E-state index in [9.17, 15) is 4.79 Å². The molecule has 2 aromatic carbocycles. The molecule has 7 aliphatic rings. The lowest BCUT2D eigenvalue weighted by Crippen LogP contribution is -2.61. The van der Waals surface area contributed by atoms with Gasteiger partial charge in [-0.3, -0.25) is 9.69 Å². The fraction of sp³-hybridized carbons (Fsp3) is 0.634. The second kappa shape index (κ2) is 13.4. The van der Waals surface area contributed by atoms with E-state index in [1.165, 1.54) is 5.57 Å². The molecular weight excluding hydrogens is 651 g/mol. The second-order valence-corrected chi connectivity index (χ2v) is 17.0. The van der Waals surface area contributed by atoms with Crippen molar-refractivity contribution in [1.29, 1.82) is 0 Å². The number of rotatable bonds is 3. The van der Waals surface area contributed by atoms with Gasteiger partial charge in [0.2, 0.25) is 0 Å². The molecule has 9 rings (SSSR count). The monoisotopic (exact) mass is 704 g/mol. The maximum atomic E-state index is 15.5. The first-order valence-electron chi connectivity index (χ1n) is 19.1. The molecule has 3 aliphatic carbocycles. The van der Waals surface area contributed by atoms with Crippen LogP contribution >= 0.6 is 11.6 Å². The fourth-order valence-corrected chi connectivity index (χ4v) is 10.4. The molecule has 7 atom stereocenters. The molecule has 4 aliphatic heterocycles. The van der Waals surface area contributed by atoms with Crippen molar-refractivity contribution in [1.82, 2.24) is 15.1 Å². The first-order valence-corrected chi connectivity index (χ1v) is 19.4. The number of ether oxygens (including phenoxy) is 2. The number of anilines is 1. The molecule has 1 N–H and O–H groups in total. The van der Waals surface area contributed by atoms with Gasteiger partial charge in [-0.2, -0.15) is 0 Å². The fourth-order valence-electron chi connectivity index (χ4n) is 10.2. The molecule has 0 radical (unpaired) electrons. The molecule has 270 valence electrons. The zero-order valence-corrected chi connectivity index (χ0v) is 31.0. The van der Waals surface area contributed by atoms with E-state index in [0.29, 0.717) is 61.3 Å². The third kappa shape index (κ3) is 5.86. The number of allylic oxidation sites excluding steroid dienone is 1. The molecule has 1 amide bonds. The van der Waals surface area contributed by atoms with Crippen LogP contribution in [0.15, 0.2) is 42.0 Å². The van der Waals surface area contributed by atoms with Gasteiger partial charge in [0.15, 0.2) is 0 Å². The van der Waals surface area contributed by atoms with Gasteiger partial charge in [-0.1, -0.05) is 37.6 Å². The maximum Gasteiger partial charge on any atom is 0.251 e. The lowest BCUT2D eigenvalue weighted by molar-refractivity contribution is -0.108. The average Bonchev–Trinajstić information content (AvgIpc) is 3.23. The largest absolute Gasteiger partial charge is 0.490 e. The van der Waals surface area contributed by atoms with Gasteiger partial charge in [-0.05, 0) is 116 Å². The third-order valence-corrected chi connectivity index (χ3v) is 14.2. The van der Waals surface area contributed by atoms with Crippen molar-refractivity contribution in [2.75, 3.05) is 78.0 Å². The second-order valence-electron chi connectivity index (χ2n) is 16.6. The minimum atomic E-state index is -0.395. The van der Waals surface area contributed by atoms with Crippen LogP contribution in [0.5, 0.6) is 5.75 Å². The lowest BCUT2D eigenvalue weighted by Gasteiger charge is -2.56. The molecule has 7 nitrogen and oxygen atoms in total. The first kappa shape index (κ1) is 34.4. The van der Waals surface area contributed by atoms with E-state index in [1.807, 2.05) is 31.4 Å². The maximum absolute atomic E-state index is 15.5. The Morgan fingerprint density at radius 2 is 1.92 bits per heavy atom. The Hall–Kier alpha value is -2.65. The summed E-state index contributed by atoms with van der Waals surface area (Å²) in [6.45, 7) is 12.4. The number of piperazine rings is 1. The van der Waals surface area contributed by atoms with Crippen LogP contribution in [0.3, 0.4) is 0 Å². The standard InChI is InChI=1S/C41H54ClFN4O3/c1-26-21-44-39(48)28-8-12-37-36(20-28)47(23-40(25-50-37)13-5-6-32-34(40)10-11-35(42)38(32)43)22-29-7-9-33(29)41(49-4,31-18-30(19-31)27(26)2)24-46-16-14-45(3)15-17-46/h8,10-12,18,20,26-27,29-30,33H,5-7,9,13-17,19,21-25H2,1-4H3,(H,44,48)/t26-,27+,29-,30-,33+,40-,41-/m0/s1. The van der Waals surface area contributed by atoms with Crippen molar-refractivity contribution < 1.29 is 18.7 Å². The van der Waals surface area contributed by atoms with Crippen LogP contribution in [0.2, 0.25) is 5.02 Å². The van der Waals surface area contributed by atoms with E-state index in [4.69, 9.17) is 21.1 Å². The number of fused-ring (bicyclic) bond motifs is 6. The quantitative estimate of drug-likeness (QED) is 0.365. The highest BCUT2D eigenvalue weighted by atomic mass is 35.5. The first-order chi connectivity index (χ1) is 24.1. The molecule has 1 spiro atoms. The number of carbonyl (C=O) groups excluding carboxylic acids is 1. The van der Waals surface area contributed by atoms with Crippen LogP contribution in [0, 0.1) is 35.4 Å². The van der Waals surface area contributed by atoms with Gasteiger partial charge >= 0.3 is 0 Å². The predicted molar refractivity (Wildman–Crippen MR) is 197 cm³/mol. The van der Waals surface area contributed by atoms with E-state index in [2.05, 4.69) is 47.0 Å². The number of hydrogen-bond acceptors (Lipinski definition) is 6. The molecular formula is C41H54ClFN4O3. The molecule has 4 bridgehead atoms. The molecule has 1 saturated carbocycles. The molecule has 0 unspecified atom stereocenters. The van der Waals surface area contributed by atoms with E-state index >= 15 is 4.39 Å². The Morgan fingerprint density at radius 3 is 2.66 bits per heavy atom. The number of nitrogens with zero attached hydrogens (tertiary/aromatic N) is 3. The van der Waals surface area contributed by atoms with E-state index in [0.717, 1.165) is 93.9 Å². The van der Waals surface area contributed by atoms with Gasteiger partial charge in [0.25, 0.3) is 5.91 Å². The summed E-state index contributed by atoms with van der Waals surface area (Å²) < 4.78 is 29.1. The zero-order chi connectivity index (χ0) is 34.8. The molecule has 0 aromatic heterocycles. The number of benzene rings is 2. The van der Waals surface area contributed by atoms with E-state index in [1.54, 1.807) is 6.07 Å². The van der Waals surface area contributed by atoms with Gasteiger partial charge in [-0.25, -0.2) is 4.39 Å². The van der Waals surface area contributed by atoms with Gasteiger partial charge < -0.3 is 24.6 Å². The summed E-state index contributed by atoms with van der Waals surface area (Å²) in [5.41, 5.74) is 4.11. The van der Waals surface area contributed by atoms with Gasteiger partial charge in [0, 0.05) is 70.4 Å². The summed E-state index contributed by atoms with van der Waals surface area (Å²) >= 11 is 6.32. The Kier molecular flexibility index (Phi) is 9.23. The van der Waals surface area contributed by atoms with Crippen molar-refractivity contribution >= 4 is 23.2 Å². The van der Waals surface area contributed by atoms with Crippen molar-refractivity contribution in [3.63, 3.8) is 0 Å². The number of methoxy groups -OCH3 is 1. The van der Waals surface area contributed by atoms with Crippen LogP contribution in [0.4, 0.5) is 10.1 Å². The Labute approximate surface area is 302 Å². The lowest BCUT2D eigenvalue weighted by atomic mass is 9.57. The van der Waals surface area contributed by atoms with Crippen LogP contribution in [0.1, 0.15) is 67.4 Å². The molecule has 2 fully saturated rings. The van der Waals surface area contributed by atoms with Gasteiger partial charge in [0.05, 0.1) is 17.3 Å². The number of nitrogens with one attached hydrogen (secondary N) is 1. The number of hydrogen-bond donors (Lipinski definition) is 1. The minimum absolute atomic E-state index is 0.0467. The van der Waals surface area contributed by atoms with Crippen molar-refractivity contribution in [3.8, 4) is 5.75 Å². The topological polar surface area (TPSA) is 57.3 Å². The summed E-state index contributed by atoms with van der Waals surface area (Å²) in [7, 11) is 4.17. The van der Waals surface area contributed by atoms with Gasteiger partial charge in [0.1, 0.15) is 17.2 Å². The molecule has 50 heavy (non-hydrogen) atoms.